The maximum absolute atomic E-state index is 10.1. The maximum atomic E-state index is 10.1. The first-order valence-electron chi connectivity index (χ1n) is 12.1. The Bertz CT molecular complexity index is 2180. The lowest BCUT2D eigenvalue weighted by atomic mass is 10.0. The molecule has 0 N–H and O–H groups in total. The molecule has 0 fully saturated rings. The van der Waals surface area contributed by atoms with Gasteiger partial charge in [-0.1, -0.05) is 54.6 Å². The average Bonchev–Trinajstić information content (AvgIpc) is 3.47. The van der Waals surface area contributed by atoms with E-state index >= 15 is 0 Å². The zero-order chi connectivity index (χ0) is 25.8. The van der Waals surface area contributed by atoms with E-state index in [-0.39, 0.29) is 16.7 Å². The van der Waals surface area contributed by atoms with Crippen LogP contribution in [0.25, 0.3) is 55.0 Å². The lowest BCUT2D eigenvalue weighted by Crippen LogP contribution is -2.02. The second kappa shape index (κ2) is 8.10. The molecule has 0 spiro atoms. The number of benzene rings is 5. The molecule has 0 radical (unpaired) electrons. The molecule has 2 aromatic heterocycles. The van der Waals surface area contributed by atoms with Crippen molar-refractivity contribution in [3.8, 4) is 29.6 Å². The van der Waals surface area contributed by atoms with Crippen LogP contribution >= 0.6 is 0 Å². The van der Waals surface area contributed by atoms with Gasteiger partial charge >= 0.3 is 0 Å². The van der Waals surface area contributed by atoms with Gasteiger partial charge in [-0.25, -0.2) is 0 Å². The van der Waals surface area contributed by atoms with Crippen molar-refractivity contribution in [2.45, 2.75) is 0 Å². The molecule has 7 rings (SSSR count). The molecule has 0 aliphatic carbocycles. The molecule has 174 valence electrons. The fourth-order valence-electron chi connectivity index (χ4n) is 5.64. The zero-order valence-corrected chi connectivity index (χ0v) is 20.1. The molecule has 5 heteroatoms. The Labute approximate surface area is 217 Å². The Kier molecular flexibility index (Phi) is 4.57. The Balaban J connectivity index is 1.70. The van der Waals surface area contributed by atoms with Crippen LogP contribution in [-0.4, -0.2) is 9.13 Å². The summed E-state index contributed by atoms with van der Waals surface area (Å²) < 4.78 is 4.27. The Morgan fingerprint density at radius 3 is 1.50 bits per heavy atom. The highest BCUT2D eigenvalue weighted by Gasteiger charge is 2.21. The Hall–Kier alpha value is -5.83. The summed E-state index contributed by atoms with van der Waals surface area (Å²) in [6.07, 6.45) is 0. The van der Waals surface area contributed by atoms with Crippen LogP contribution in [-0.2, 0) is 0 Å². The molecule has 0 unspecified atom stereocenters. The summed E-state index contributed by atoms with van der Waals surface area (Å²) in [4.78, 5) is 0. The molecule has 2 heterocycles. The van der Waals surface area contributed by atoms with Crippen molar-refractivity contribution in [1.82, 2.24) is 9.13 Å². The summed E-state index contributed by atoms with van der Waals surface area (Å²) in [5, 5.41) is 33.8. The smallest absolute Gasteiger partial charge is 0.101 e. The summed E-state index contributed by atoms with van der Waals surface area (Å²) in [6, 6.07) is 40.7. The summed E-state index contributed by atoms with van der Waals surface area (Å²) in [5.74, 6) is 0. The van der Waals surface area contributed by atoms with Crippen molar-refractivity contribution in [2.75, 3.05) is 0 Å². The van der Waals surface area contributed by atoms with E-state index in [0.717, 1.165) is 49.3 Å². The number of hydrogen-bond acceptors (Lipinski definition) is 3. The predicted molar refractivity (Wildman–Crippen MR) is 149 cm³/mol. The lowest BCUT2D eigenvalue weighted by molar-refractivity contribution is 1.15. The van der Waals surface area contributed by atoms with E-state index in [1.807, 2.05) is 53.1 Å². The highest BCUT2D eigenvalue weighted by Crippen LogP contribution is 2.40. The van der Waals surface area contributed by atoms with Crippen LogP contribution in [0.1, 0.15) is 16.7 Å². The van der Waals surface area contributed by atoms with Gasteiger partial charge in [-0.15, -0.1) is 0 Å². The summed E-state index contributed by atoms with van der Waals surface area (Å²) in [7, 11) is 0. The van der Waals surface area contributed by atoms with Crippen molar-refractivity contribution in [2.24, 2.45) is 0 Å². The number of rotatable bonds is 2. The highest BCUT2D eigenvalue weighted by atomic mass is 15.0. The van der Waals surface area contributed by atoms with Crippen molar-refractivity contribution in [1.29, 1.82) is 15.8 Å². The number of nitriles is 3. The summed E-state index contributed by atoms with van der Waals surface area (Å²) >= 11 is 0. The van der Waals surface area contributed by atoms with Crippen LogP contribution < -0.4 is 0 Å². The minimum atomic E-state index is 0.287. The molecule has 0 aliphatic heterocycles. The number of para-hydroxylation sites is 3. The van der Waals surface area contributed by atoms with Gasteiger partial charge in [0.2, 0.25) is 0 Å². The van der Waals surface area contributed by atoms with Crippen molar-refractivity contribution >= 4 is 43.6 Å². The second-order valence-electron chi connectivity index (χ2n) is 9.18. The van der Waals surface area contributed by atoms with Crippen LogP contribution in [0.4, 0.5) is 0 Å². The van der Waals surface area contributed by atoms with Gasteiger partial charge in [0, 0.05) is 27.2 Å². The molecular weight excluding hydrogens is 466 g/mol. The third-order valence-electron chi connectivity index (χ3n) is 7.18. The largest absolute Gasteiger partial charge is 0.309 e. The van der Waals surface area contributed by atoms with E-state index in [2.05, 4.69) is 65.2 Å². The number of fused-ring (bicyclic) bond motifs is 6. The first-order chi connectivity index (χ1) is 18.7. The number of nitrogens with zero attached hydrogens (tertiary/aromatic N) is 5. The zero-order valence-electron chi connectivity index (χ0n) is 20.1. The maximum Gasteiger partial charge on any atom is 0.101 e. The number of hydrogen-bond donors (Lipinski definition) is 0. The molecule has 0 aliphatic rings. The van der Waals surface area contributed by atoms with Gasteiger partial charge in [0.05, 0.1) is 50.5 Å². The molecule has 0 bridgehead atoms. The quantitative estimate of drug-likeness (QED) is 0.255. The highest BCUT2D eigenvalue weighted by molar-refractivity contribution is 6.19. The topological polar surface area (TPSA) is 81.2 Å². The minimum Gasteiger partial charge on any atom is -0.309 e. The fraction of sp³-hybridized carbons (Fsp3) is 0. The first kappa shape index (κ1) is 21.5. The van der Waals surface area contributed by atoms with Gasteiger partial charge in [0.25, 0.3) is 0 Å². The molecule has 7 aromatic rings. The average molecular weight is 484 g/mol. The van der Waals surface area contributed by atoms with Crippen molar-refractivity contribution < 1.29 is 0 Å². The second-order valence-corrected chi connectivity index (χ2v) is 9.18. The molecule has 38 heavy (non-hydrogen) atoms. The van der Waals surface area contributed by atoms with Gasteiger partial charge in [-0.2, -0.15) is 15.8 Å². The van der Waals surface area contributed by atoms with Crippen molar-refractivity contribution in [3.05, 3.63) is 120 Å². The Morgan fingerprint density at radius 2 is 0.947 bits per heavy atom. The summed E-state index contributed by atoms with van der Waals surface area (Å²) in [6.45, 7) is 0. The SMILES string of the molecule is N#Cc1cc(C#N)c(-n2c3ccccc3c3cc4c(cc32)c2ccccc2n4-c2ccccc2)c(C#N)c1. The van der Waals surface area contributed by atoms with Crippen LogP contribution in [0, 0.1) is 34.0 Å². The third kappa shape index (κ3) is 2.89. The van der Waals surface area contributed by atoms with Crippen LogP contribution in [0.15, 0.2) is 103 Å². The Morgan fingerprint density at radius 1 is 0.447 bits per heavy atom. The standard InChI is InChI=1S/C33H17N5/c34-18-21-14-22(19-35)33(23(15-21)20-36)38-30-13-7-5-11-26(30)28-16-31-27(17-32(28)38)25-10-4-6-12-29(25)37(31)24-8-2-1-3-9-24/h1-17H. The van der Waals surface area contributed by atoms with Gasteiger partial charge in [0.15, 0.2) is 0 Å². The van der Waals surface area contributed by atoms with Gasteiger partial charge in [0.1, 0.15) is 12.1 Å². The van der Waals surface area contributed by atoms with E-state index in [1.165, 1.54) is 0 Å². The van der Waals surface area contributed by atoms with E-state index in [0.29, 0.717) is 5.69 Å². The summed E-state index contributed by atoms with van der Waals surface area (Å²) in [5.41, 5.74) is 6.40. The van der Waals surface area contributed by atoms with E-state index in [4.69, 9.17) is 0 Å². The van der Waals surface area contributed by atoms with E-state index < -0.39 is 0 Å². The van der Waals surface area contributed by atoms with E-state index in [9.17, 15) is 15.8 Å². The molecule has 5 nitrogen and oxygen atoms in total. The molecular formula is C33H17N5. The van der Waals surface area contributed by atoms with E-state index in [1.54, 1.807) is 12.1 Å². The molecule has 0 saturated carbocycles. The molecule has 0 atom stereocenters. The molecule has 0 amide bonds. The molecule has 0 saturated heterocycles. The van der Waals surface area contributed by atoms with Crippen LogP contribution in [0.5, 0.6) is 0 Å². The van der Waals surface area contributed by atoms with Crippen LogP contribution in [0.3, 0.4) is 0 Å². The number of aromatic nitrogens is 2. The van der Waals surface area contributed by atoms with Gasteiger partial charge < -0.3 is 9.13 Å². The third-order valence-corrected chi connectivity index (χ3v) is 7.18. The van der Waals surface area contributed by atoms with Gasteiger partial charge in [-0.05, 0) is 48.5 Å². The van der Waals surface area contributed by atoms with Gasteiger partial charge in [-0.3, -0.25) is 0 Å². The monoisotopic (exact) mass is 483 g/mol. The first-order valence-corrected chi connectivity index (χ1v) is 12.1. The minimum absolute atomic E-state index is 0.287. The fourth-order valence-corrected chi connectivity index (χ4v) is 5.64. The lowest BCUT2D eigenvalue weighted by Gasteiger charge is -2.12. The molecule has 5 aromatic carbocycles. The normalized spacial score (nSPS) is 11.1. The predicted octanol–water partition coefficient (Wildman–Crippen LogP) is 7.50. The van der Waals surface area contributed by atoms with Crippen LogP contribution in [0.2, 0.25) is 0 Å². The van der Waals surface area contributed by atoms with Crippen molar-refractivity contribution in [3.63, 3.8) is 0 Å².